The number of hydrogen-bond donors (Lipinski definition) is 1. The fourth-order valence-corrected chi connectivity index (χ4v) is 2.22. The quantitative estimate of drug-likeness (QED) is 0.343. The lowest BCUT2D eigenvalue weighted by Crippen LogP contribution is -1.98. The van der Waals surface area contributed by atoms with E-state index in [0.29, 0.717) is 18.1 Å². The highest BCUT2D eigenvalue weighted by Crippen LogP contribution is 2.29. The Morgan fingerprint density at radius 3 is 3.00 bits per heavy atom. The van der Waals surface area contributed by atoms with E-state index < -0.39 is 0 Å². The fraction of sp³-hybridized carbons (Fsp3) is 0.133. The molecular weight excluding hydrogens is 254 g/mol. The smallest absolute Gasteiger partial charge is 0.130 e. The average Bonchev–Trinajstić information content (AvgIpc) is 2.48. The molecule has 0 aliphatic carbocycles. The number of fused-ring (bicyclic) bond motifs is 3. The zero-order valence-electron chi connectivity index (χ0n) is 10.9. The zero-order valence-corrected chi connectivity index (χ0v) is 10.9. The fourth-order valence-electron chi connectivity index (χ4n) is 2.22. The Morgan fingerprint density at radius 1 is 1.30 bits per heavy atom. The van der Waals surface area contributed by atoms with E-state index in [1.54, 1.807) is 12.3 Å². The molecule has 2 heterocycles. The molecule has 100 valence electrons. The summed E-state index contributed by atoms with van der Waals surface area (Å²) in [5.74, 6) is 0.708. The Morgan fingerprint density at radius 2 is 2.20 bits per heavy atom. The first-order valence-corrected chi connectivity index (χ1v) is 6.32. The first-order valence-electron chi connectivity index (χ1n) is 6.32. The predicted octanol–water partition coefficient (Wildman–Crippen LogP) is 2.99. The van der Waals surface area contributed by atoms with Crippen molar-refractivity contribution in [3.63, 3.8) is 0 Å². The van der Waals surface area contributed by atoms with Gasteiger partial charge in [0, 0.05) is 23.0 Å². The van der Waals surface area contributed by atoms with E-state index in [1.807, 2.05) is 31.2 Å². The second-order valence-electron chi connectivity index (χ2n) is 4.26. The maximum absolute atomic E-state index is 8.70. The Hall–Kier alpha value is -2.69. The molecule has 1 aromatic carbocycles. The summed E-state index contributed by atoms with van der Waals surface area (Å²) >= 11 is 0. The van der Waals surface area contributed by atoms with Crippen molar-refractivity contribution < 1.29 is 9.94 Å². The third-order valence-corrected chi connectivity index (χ3v) is 3.02. The number of aromatic nitrogens is 2. The van der Waals surface area contributed by atoms with Crippen LogP contribution in [0.5, 0.6) is 5.75 Å². The highest BCUT2D eigenvalue weighted by Gasteiger charge is 2.10. The van der Waals surface area contributed by atoms with E-state index in [2.05, 4.69) is 15.1 Å². The van der Waals surface area contributed by atoms with E-state index in [4.69, 9.17) is 9.94 Å². The van der Waals surface area contributed by atoms with Gasteiger partial charge in [0.15, 0.2) is 0 Å². The average molecular weight is 267 g/mol. The number of hydrogen-bond acceptors (Lipinski definition) is 5. The van der Waals surface area contributed by atoms with Gasteiger partial charge >= 0.3 is 0 Å². The van der Waals surface area contributed by atoms with Gasteiger partial charge in [-0.2, -0.15) is 0 Å². The van der Waals surface area contributed by atoms with Crippen molar-refractivity contribution >= 4 is 28.0 Å². The summed E-state index contributed by atoms with van der Waals surface area (Å²) in [6.07, 6.45) is 3.01. The Labute approximate surface area is 115 Å². The van der Waals surface area contributed by atoms with Gasteiger partial charge in [0.1, 0.15) is 11.3 Å². The van der Waals surface area contributed by atoms with Crippen molar-refractivity contribution in [2.75, 3.05) is 6.61 Å². The van der Waals surface area contributed by atoms with Crippen LogP contribution in [0, 0.1) is 0 Å². The van der Waals surface area contributed by atoms with Gasteiger partial charge in [-0.25, -0.2) is 4.98 Å². The highest BCUT2D eigenvalue weighted by atomic mass is 16.5. The van der Waals surface area contributed by atoms with Gasteiger partial charge in [0.25, 0.3) is 0 Å². The summed E-state index contributed by atoms with van der Waals surface area (Å²) in [5, 5.41) is 13.6. The van der Waals surface area contributed by atoms with Crippen LogP contribution < -0.4 is 4.74 Å². The molecule has 1 N–H and O–H groups in total. The molecular formula is C15H13N3O2. The molecule has 0 aliphatic heterocycles. The molecule has 0 atom stereocenters. The third kappa shape index (κ3) is 2.03. The van der Waals surface area contributed by atoms with Crippen LogP contribution in [0.1, 0.15) is 12.6 Å². The van der Waals surface area contributed by atoms with E-state index in [0.717, 1.165) is 21.8 Å². The Bertz CT molecular complexity index is 800. The van der Waals surface area contributed by atoms with Gasteiger partial charge in [0.05, 0.1) is 24.0 Å². The van der Waals surface area contributed by atoms with Crippen LogP contribution in [0.4, 0.5) is 0 Å². The molecule has 0 saturated heterocycles. The van der Waals surface area contributed by atoms with Crippen molar-refractivity contribution in [2.24, 2.45) is 5.16 Å². The molecule has 0 saturated carbocycles. The highest BCUT2D eigenvalue weighted by molar-refractivity contribution is 6.05. The summed E-state index contributed by atoms with van der Waals surface area (Å²) in [6, 6.07) is 9.58. The van der Waals surface area contributed by atoms with Gasteiger partial charge < -0.3 is 9.94 Å². The van der Waals surface area contributed by atoms with Crippen molar-refractivity contribution in [3.8, 4) is 5.75 Å². The maximum Gasteiger partial charge on any atom is 0.130 e. The van der Waals surface area contributed by atoms with E-state index in [9.17, 15) is 0 Å². The molecule has 0 unspecified atom stereocenters. The second-order valence-corrected chi connectivity index (χ2v) is 4.26. The lowest BCUT2D eigenvalue weighted by molar-refractivity contribution is 0.321. The minimum absolute atomic E-state index is 0.529. The molecule has 0 amide bonds. The summed E-state index contributed by atoms with van der Waals surface area (Å²) in [7, 11) is 0. The molecule has 0 spiro atoms. The number of rotatable bonds is 3. The van der Waals surface area contributed by atoms with Crippen LogP contribution in [0.15, 0.2) is 41.7 Å². The predicted molar refractivity (Wildman–Crippen MR) is 77.6 cm³/mol. The van der Waals surface area contributed by atoms with Crippen LogP contribution >= 0.6 is 0 Å². The molecule has 2 aromatic heterocycles. The lowest BCUT2D eigenvalue weighted by Gasteiger charge is -2.09. The van der Waals surface area contributed by atoms with Gasteiger partial charge in [-0.1, -0.05) is 17.3 Å². The number of benzene rings is 1. The number of oxime groups is 1. The van der Waals surface area contributed by atoms with Crippen molar-refractivity contribution in [1.82, 2.24) is 9.97 Å². The van der Waals surface area contributed by atoms with Gasteiger partial charge in [-0.15, -0.1) is 0 Å². The normalized spacial score (nSPS) is 11.4. The Balaban J connectivity index is 2.40. The summed E-state index contributed by atoms with van der Waals surface area (Å²) < 4.78 is 5.64. The number of pyridine rings is 2. The second kappa shape index (κ2) is 5.13. The monoisotopic (exact) mass is 267 g/mol. The summed E-state index contributed by atoms with van der Waals surface area (Å²) in [6.45, 7) is 2.47. The standard InChI is InChI=1S/C15H13N3O2/c1-2-20-13-8-11(9-17-19)18-15-12(13)6-5-10-4-3-7-16-14(10)15/h3-9,19H,2H2,1H3/b17-9+. The molecule has 3 aromatic rings. The molecule has 5 nitrogen and oxygen atoms in total. The van der Waals surface area contributed by atoms with E-state index >= 15 is 0 Å². The van der Waals surface area contributed by atoms with Crippen molar-refractivity contribution in [2.45, 2.75) is 6.92 Å². The maximum atomic E-state index is 8.70. The van der Waals surface area contributed by atoms with Crippen LogP contribution in [0.25, 0.3) is 21.8 Å². The van der Waals surface area contributed by atoms with E-state index in [-0.39, 0.29) is 0 Å². The molecule has 20 heavy (non-hydrogen) atoms. The molecule has 0 radical (unpaired) electrons. The summed E-state index contributed by atoms with van der Waals surface area (Å²) in [4.78, 5) is 8.87. The van der Waals surface area contributed by atoms with Crippen LogP contribution in [-0.4, -0.2) is 28.0 Å². The van der Waals surface area contributed by atoms with Crippen molar-refractivity contribution in [3.05, 3.63) is 42.2 Å². The van der Waals surface area contributed by atoms with Crippen molar-refractivity contribution in [1.29, 1.82) is 0 Å². The topological polar surface area (TPSA) is 67.6 Å². The van der Waals surface area contributed by atoms with Gasteiger partial charge in [-0.3, -0.25) is 4.98 Å². The molecule has 0 bridgehead atoms. The van der Waals surface area contributed by atoms with Gasteiger partial charge in [0.2, 0.25) is 0 Å². The first-order chi connectivity index (χ1) is 9.83. The third-order valence-electron chi connectivity index (χ3n) is 3.02. The number of ether oxygens (including phenoxy) is 1. The van der Waals surface area contributed by atoms with Crippen LogP contribution in [-0.2, 0) is 0 Å². The lowest BCUT2D eigenvalue weighted by atomic mass is 10.1. The zero-order chi connectivity index (χ0) is 13.9. The molecule has 0 fully saturated rings. The van der Waals surface area contributed by atoms with Crippen LogP contribution in [0.2, 0.25) is 0 Å². The summed E-state index contributed by atoms with van der Waals surface area (Å²) in [5.41, 5.74) is 2.07. The first kappa shape index (κ1) is 12.3. The van der Waals surface area contributed by atoms with Gasteiger partial charge in [-0.05, 0) is 19.1 Å². The Kier molecular flexibility index (Phi) is 3.16. The SMILES string of the molecule is CCOc1cc(/C=N/O)nc2c1ccc1cccnc12. The number of nitrogens with zero attached hydrogens (tertiary/aromatic N) is 3. The largest absolute Gasteiger partial charge is 0.493 e. The van der Waals surface area contributed by atoms with Crippen LogP contribution in [0.3, 0.4) is 0 Å². The molecule has 3 rings (SSSR count). The molecule has 0 aliphatic rings. The minimum atomic E-state index is 0.529. The minimum Gasteiger partial charge on any atom is -0.493 e. The van der Waals surface area contributed by atoms with E-state index in [1.165, 1.54) is 6.21 Å². The molecule has 5 heteroatoms.